The van der Waals surface area contributed by atoms with Crippen LogP contribution in [-0.4, -0.2) is 66.1 Å². The van der Waals surface area contributed by atoms with Crippen molar-refractivity contribution < 1.29 is 24.5 Å². The Morgan fingerprint density at radius 3 is 2.58 bits per heavy atom. The Morgan fingerprint density at radius 1 is 1.42 bits per heavy atom. The maximum atomic E-state index is 11.8. The van der Waals surface area contributed by atoms with Crippen LogP contribution in [0, 0.1) is 5.92 Å². The van der Waals surface area contributed by atoms with Crippen LogP contribution in [0.15, 0.2) is 0 Å². The molecular weight excluding hydrogens is 252 g/mol. The van der Waals surface area contributed by atoms with E-state index in [0.717, 1.165) is 12.8 Å². The number of hydrogen-bond donors (Lipinski definition) is 3. The number of amides is 2. The lowest BCUT2D eigenvalue weighted by Crippen LogP contribution is -2.47. The van der Waals surface area contributed by atoms with Gasteiger partial charge in [-0.15, -0.1) is 0 Å². The summed E-state index contributed by atoms with van der Waals surface area (Å²) in [4.78, 5) is 24.1. The first-order valence-electron chi connectivity index (χ1n) is 6.52. The number of ether oxygens (including phenoxy) is 1. The van der Waals surface area contributed by atoms with Crippen molar-refractivity contribution in [3.05, 3.63) is 0 Å². The predicted molar refractivity (Wildman–Crippen MR) is 67.8 cm³/mol. The standard InChI is InChI=1S/C12H22N2O5/c1-9(11(16)17)8-13-12(18)14-4-2-10(3-5-14)19-7-6-15/h9-10,15H,2-8H2,1H3,(H,13,18)(H,16,17). The lowest BCUT2D eigenvalue weighted by atomic mass is 10.1. The number of piperidine rings is 1. The summed E-state index contributed by atoms with van der Waals surface area (Å²) in [6.07, 6.45) is 1.57. The number of carboxylic acids is 1. The van der Waals surface area contributed by atoms with Gasteiger partial charge in [-0.05, 0) is 12.8 Å². The van der Waals surface area contributed by atoms with Crippen LogP contribution in [0.1, 0.15) is 19.8 Å². The molecule has 1 rings (SSSR count). The van der Waals surface area contributed by atoms with E-state index in [2.05, 4.69) is 5.32 Å². The SMILES string of the molecule is CC(CNC(=O)N1CCC(OCCO)CC1)C(=O)O. The highest BCUT2D eigenvalue weighted by Crippen LogP contribution is 2.13. The third kappa shape index (κ3) is 5.44. The molecule has 1 fully saturated rings. The van der Waals surface area contributed by atoms with E-state index in [-0.39, 0.29) is 25.3 Å². The van der Waals surface area contributed by atoms with Gasteiger partial charge >= 0.3 is 12.0 Å². The number of urea groups is 1. The van der Waals surface area contributed by atoms with Gasteiger partial charge in [0, 0.05) is 19.6 Å². The zero-order chi connectivity index (χ0) is 14.3. The van der Waals surface area contributed by atoms with Crippen molar-refractivity contribution >= 4 is 12.0 Å². The Kier molecular flexibility index (Phi) is 6.58. The fourth-order valence-electron chi connectivity index (χ4n) is 1.88. The Balaban J connectivity index is 2.23. The third-order valence-electron chi connectivity index (χ3n) is 3.16. The van der Waals surface area contributed by atoms with Crippen LogP contribution in [-0.2, 0) is 9.53 Å². The van der Waals surface area contributed by atoms with Crippen molar-refractivity contribution in [3.63, 3.8) is 0 Å². The molecule has 0 radical (unpaired) electrons. The zero-order valence-electron chi connectivity index (χ0n) is 11.2. The largest absolute Gasteiger partial charge is 0.481 e. The fourth-order valence-corrected chi connectivity index (χ4v) is 1.88. The van der Waals surface area contributed by atoms with E-state index in [1.54, 1.807) is 11.8 Å². The number of aliphatic carboxylic acids is 1. The van der Waals surface area contributed by atoms with E-state index >= 15 is 0 Å². The van der Waals surface area contributed by atoms with Gasteiger partial charge in [0.05, 0.1) is 25.2 Å². The summed E-state index contributed by atoms with van der Waals surface area (Å²) in [7, 11) is 0. The van der Waals surface area contributed by atoms with Gasteiger partial charge in [0.25, 0.3) is 0 Å². The molecule has 0 saturated carbocycles. The Hall–Kier alpha value is -1.34. The van der Waals surface area contributed by atoms with E-state index in [0.29, 0.717) is 19.7 Å². The highest BCUT2D eigenvalue weighted by Gasteiger charge is 2.23. The van der Waals surface area contributed by atoms with Gasteiger partial charge in [-0.25, -0.2) is 4.79 Å². The average Bonchev–Trinajstić information content (AvgIpc) is 2.42. The molecule has 7 heteroatoms. The monoisotopic (exact) mass is 274 g/mol. The number of rotatable bonds is 6. The number of hydrogen-bond acceptors (Lipinski definition) is 4. The van der Waals surface area contributed by atoms with E-state index in [1.807, 2.05) is 0 Å². The van der Waals surface area contributed by atoms with E-state index in [9.17, 15) is 9.59 Å². The van der Waals surface area contributed by atoms with Gasteiger partial charge in [-0.1, -0.05) is 6.92 Å². The number of carbonyl (C=O) groups is 2. The van der Waals surface area contributed by atoms with Crippen LogP contribution in [0.3, 0.4) is 0 Å². The minimum absolute atomic E-state index is 0.00772. The van der Waals surface area contributed by atoms with Crippen molar-refractivity contribution in [2.45, 2.75) is 25.9 Å². The average molecular weight is 274 g/mol. The summed E-state index contributed by atoms with van der Waals surface area (Å²) >= 11 is 0. The third-order valence-corrected chi connectivity index (χ3v) is 3.16. The smallest absolute Gasteiger partial charge is 0.317 e. The second kappa shape index (κ2) is 7.96. The molecule has 0 spiro atoms. The molecule has 110 valence electrons. The van der Waals surface area contributed by atoms with E-state index in [1.165, 1.54) is 0 Å². The topological polar surface area (TPSA) is 99.1 Å². The number of carbonyl (C=O) groups excluding carboxylic acids is 1. The quantitative estimate of drug-likeness (QED) is 0.627. The molecule has 7 nitrogen and oxygen atoms in total. The molecule has 1 heterocycles. The molecule has 1 unspecified atom stereocenters. The zero-order valence-corrected chi connectivity index (χ0v) is 11.2. The maximum absolute atomic E-state index is 11.8. The summed E-state index contributed by atoms with van der Waals surface area (Å²) in [5.74, 6) is -1.51. The number of likely N-dealkylation sites (tertiary alicyclic amines) is 1. The molecule has 0 aromatic heterocycles. The highest BCUT2D eigenvalue weighted by molar-refractivity contribution is 5.76. The molecule has 0 bridgehead atoms. The summed E-state index contributed by atoms with van der Waals surface area (Å²) in [6, 6.07) is -0.228. The first-order chi connectivity index (χ1) is 9.04. The number of carboxylic acid groups (broad SMARTS) is 1. The molecule has 1 aliphatic rings. The van der Waals surface area contributed by atoms with Crippen molar-refractivity contribution in [3.8, 4) is 0 Å². The van der Waals surface area contributed by atoms with Crippen LogP contribution in [0.2, 0.25) is 0 Å². The van der Waals surface area contributed by atoms with Crippen LogP contribution < -0.4 is 5.32 Å². The van der Waals surface area contributed by atoms with Crippen LogP contribution in [0.25, 0.3) is 0 Å². The molecule has 3 N–H and O–H groups in total. The Labute approximate surface area is 112 Å². The second-order valence-corrected chi connectivity index (χ2v) is 4.71. The van der Waals surface area contributed by atoms with Gasteiger partial charge < -0.3 is 25.2 Å². The lowest BCUT2D eigenvalue weighted by molar-refractivity contribution is -0.140. The predicted octanol–water partition coefficient (Wildman–Crippen LogP) is -0.110. The Bertz CT molecular complexity index is 302. The van der Waals surface area contributed by atoms with Crippen molar-refractivity contribution in [1.82, 2.24) is 10.2 Å². The minimum Gasteiger partial charge on any atom is -0.481 e. The minimum atomic E-state index is -0.920. The Morgan fingerprint density at radius 2 is 2.05 bits per heavy atom. The van der Waals surface area contributed by atoms with Gasteiger partial charge in [0.1, 0.15) is 0 Å². The van der Waals surface area contributed by atoms with Gasteiger partial charge in [0.15, 0.2) is 0 Å². The second-order valence-electron chi connectivity index (χ2n) is 4.71. The van der Waals surface area contributed by atoms with E-state index < -0.39 is 11.9 Å². The fraction of sp³-hybridized carbons (Fsp3) is 0.833. The van der Waals surface area contributed by atoms with Crippen molar-refractivity contribution in [1.29, 1.82) is 0 Å². The van der Waals surface area contributed by atoms with Crippen LogP contribution in [0.5, 0.6) is 0 Å². The number of nitrogens with zero attached hydrogens (tertiary/aromatic N) is 1. The van der Waals surface area contributed by atoms with Gasteiger partial charge in [-0.3, -0.25) is 4.79 Å². The summed E-state index contributed by atoms with van der Waals surface area (Å²) in [5.41, 5.74) is 0. The summed E-state index contributed by atoms with van der Waals surface area (Å²) in [6.45, 7) is 3.19. The first kappa shape index (κ1) is 15.7. The maximum Gasteiger partial charge on any atom is 0.317 e. The number of aliphatic hydroxyl groups excluding tert-OH is 1. The van der Waals surface area contributed by atoms with Crippen LogP contribution >= 0.6 is 0 Å². The number of aliphatic hydroxyl groups is 1. The van der Waals surface area contributed by atoms with E-state index in [4.69, 9.17) is 14.9 Å². The molecule has 19 heavy (non-hydrogen) atoms. The van der Waals surface area contributed by atoms with Gasteiger partial charge in [0.2, 0.25) is 0 Å². The lowest BCUT2D eigenvalue weighted by Gasteiger charge is -2.32. The molecule has 1 atom stereocenters. The van der Waals surface area contributed by atoms with Crippen LogP contribution in [0.4, 0.5) is 4.79 Å². The molecule has 1 saturated heterocycles. The highest BCUT2D eigenvalue weighted by atomic mass is 16.5. The number of nitrogens with one attached hydrogen (secondary N) is 1. The summed E-state index contributed by atoms with van der Waals surface area (Å²) in [5, 5.41) is 20.0. The molecule has 2 amide bonds. The van der Waals surface area contributed by atoms with Gasteiger partial charge in [-0.2, -0.15) is 0 Å². The van der Waals surface area contributed by atoms with Crippen molar-refractivity contribution in [2.24, 2.45) is 5.92 Å². The molecule has 1 aliphatic heterocycles. The molecule has 0 aliphatic carbocycles. The molecule has 0 aromatic rings. The normalized spacial score (nSPS) is 18.1. The summed E-state index contributed by atoms with van der Waals surface area (Å²) < 4.78 is 5.40. The first-order valence-corrected chi connectivity index (χ1v) is 6.52. The molecule has 0 aromatic carbocycles. The van der Waals surface area contributed by atoms with Crippen molar-refractivity contribution in [2.75, 3.05) is 32.8 Å². The molecular formula is C12H22N2O5.